The van der Waals surface area contributed by atoms with Crippen molar-refractivity contribution in [2.45, 2.75) is 264 Å². The Bertz CT molecular complexity index is 1680. The third kappa shape index (κ3) is 60.2. The van der Waals surface area contributed by atoms with E-state index in [4.69, 9.17) is 14.2 Å². The second-order valence-electron chi connectivity index (χ2n) is 19.9. The summed E-state index contributed by atoms with van der Waals surface area (Å²) in [7, 11) is 0. The maximum Gasteiger partial charge on any atom is 0.306 e. The van der Waals surface area contributed by atoms with Crippen LogP contribution >= 0.6 is 0 Å². The Labute approximate surface area is 467 Å². The standard InChI is InChI=1S/C70H112O6/c1-4-7-10-13-16-19-22-25-28-31-32-33-34-35-36-37-38-40-42-45-48-51-54-57-60-63-69(72)75-66-67(65-74-68(71)62-59-56-53-50-47-44-41-30-27-24-21-18-15-12-9-6-3)76-70(73)64-61-58-55-52-49-46-43-39-29-26-23-20-17-14-11-8-5-2/h7-8,10-11,16-17,19-20,25-26,28-29,32-33,35-36,38,40,43,45-46,48,52,55,67H,4-6,9,12-15,18,21-24,27,30-31,34,37,39,41-42,44,47,49-51,53-54,56-66H2,1-3H3/b10-7-,11-8-,19-16-,20-17-,28-25-,29-26-,33-32-,36-35-,40-38-,46-43-,48-45-,55-52-. The average Bonchev–Trinajstić information content (AvgIpc) is 3.42. The maximum absolute atomic E-state index is 12.9. The molecule has 0 aromatic carbocycles. The van der Waals surface area contributed by atoms with Gasteiger partial charge in [-0.25, -0.2) is 0 Å². The van der Waals surface area contributed by atoms with Gasteiger partial charge in [0.05, 0.1) is 0 Å². The van der Waals surface area contributed by atoms with Gasteiger partial charge in [-0.05, 0) is 116 Å². The van der Waals surface area contributed by atoms with Crippen LogP contribution in [0.4, 0.5) is 0 Å². The Kier molecular flexibility index (Phi) is 58.9. The Morgan fingerprint density at radius 1 is 0.276 bits per heavy atom. The van der Waals surface area contributed by atoms with Crippen LogP contribution in [0.5, 0.6) is 0 Å². The van der Waals surface area contributed by atoms with E-state index in [1.807, 2.05) is 0 Å². The molecular formula is C70H112O6. The number of carbonyl (C=O) groups excluding carboxylic acids is 3. The van der Waals surface area contributed by atoms with Crippen molar-refractivity contribution in [2.75, 3.05) is 13.2 Å². The zero-order valence-electron chi connectivity index (χ0n) is 49.0. The number of allylic oxidation sites excluding steroid dienone is 24. The molecule has 0 spiro atoms. The molecule has 0 aliphatic carbocycles. The Balaban J connectivity index is 4.52. The summed E-state index contributed by atoms with van der Waals surface area (Å²) in [5.74, 6) is -1.01. The molecule has 76 heavy (non-hydrogen) atoms. The first-order valence-corrected chi connectivity index (χ1v) is 30.8. The number of hydrogen-bond acceptors (Lipinski definition) is 6. The largest absolute Gasteiger partial charge is 0.462 e. The van der Waals surface area contributed by atoms with Gasteiger partial charge in [0, 0.05) is 19.3 Å². The van der Waals surface area contributed by atoms with Crippen LogP contribution in [-0.4, -0.2) is 37.2 Å². The minimum absolute atomic E-state index is 0.115. The van der Waals surface area contributed by atoms with Crippen LogP contribution < -0.4 is 0 Å². The summed E-state index contributed by atoms with van der Waals surface area (Å²) in [4.78, 5) is 38.3. The highest BCUT2D eigenvalue weighted by atomic mass is 16.6. The lowest BCUT2D eigenvalue weighted by atomic mass is 10.0. The van der Waals surface area contributed by atoms with Gasteiger partial charge in [-0.2, -0.15) is 0 Å². The summed E-state index contributed by atoms with van der Waals surface area (Å²) in [5.41, 5.74) is 0. The van der Waals surface area contributed by atoms with Crippen molar-refractivity contribution in [1.29, 1.82) is 0 Å². The summed E-state index contributed by atoms with van der Waals surface area (Å²) >= 11 is 0. The quantitative estimate of drug-likeness (QED) is 0.0261. The first-order valence-electron chi connectivity index (χ1n) is 30.8. The number of hydrogen-bond donors (Lipinski definition) is 0. The van der Waals surface area contributed by atoms with Gasteiger partial charge in [0.15, 0.2) is 6.10 Å². The summed E-state index contributed by atoms with van der Waals surface area (Å²) in [5, 5.41) is 0. The molecule has 0 heterocycles. The van der Waals surface area contributed by atoms with Crippen molar-refractivity contribution in [2.24, 2.45) is 0 Å². The van der Waals surface area contributed by atoms with Gasteiger partial charge in [0.25, 0.3) is 0 Å². The van der Waals surface area contributed by atoms with E-state index in [9.17, 15) is 14.4 Å². The number of esters is 3. The minimum Gasteiger partial charge on any atom is -0.462 e. The normalized spacial score (nSPS) is 13.1. The topological polar surface area (TPSA) is 78.9 Å². The van der Waals surface area contributed by atoms with E-state index >= 15 is 0 Å². The van der Waals surface area contributed by atoms with Crippen LogP contribution in [-0.2, 0) is 28.6 Å². The fourth-order valence-corrected chi connectivity index (χ4v) is 8.05. The van der Waals surface area contributed by atoms with Crippen LogP contribution in [0.15, 0.2) is 146 Å². The lowest BCUT2D eigenvalue weighted by Gasteiger charge is -2.18. The maximum atomic E-state index is 12.9. The molecule has 0 bridgehead atoms. The van der Waals surface area contributed by atoms with E-state index in [1.165, 1.54) is 83.5 Å². The first-order chi connectivity index (χ1) is 37.5. The number of carbonyl (C=O) groups is 3. The summed E-state index contributed by atoms with van der Waals surface area (Å²) in [6.07, 6.45) is 89.9. The molecule has 0 saturated carbocycles. The Hall–Kier alpha value is -4.71. The van der Waals surface area contributed by atoms with Crippen molar-refractivity contribution in [1.82, 2.24) is 0 Å². The van der Waals surface area contributed by atoms with Gasteiger partial charge >= 0.3 is 17.9 Å². The molecular weight excluding hydrogens is 937 g/mol. The van der Waals surface area contributed by atoms with Crippen LogP contribution in [0.25, 0.3) is 0 Å². The number of ether oxygens (including phenoxy) is 3. The van der Waals surface area contributed by atoms with Crippen molar-refractivity contribution in [3.05, 3.63) is 146 Å². The SMILES string of the molecule is CC/C=C\C/C=C\C/C=C\C/C=C\C/C=C\C/C=C\C/C=C\CCCCCC(=O)OCC(COC(=O)CCCCCCCCCCCCCCCCCC)OC(=O)CCC/C=C\C/C=C\C/C=C\C/C=C\C/C=C\CC. The number of unbranched alkanes of at least 4 members (excludes halogenated alkanes) is 19. The monoisotopic (exact) mass is 1050 g/mol. The molecule has 0 fully saturated rings. The van der Waals surface area contributed by atoms with Gasteiger partial charge in [0.1, 0.15) is 13.2 Å². The molecule has 0 radical (unpaired) electrons. The summed E-state index contributed by atoms with van der Waals surface area (Å²) in [6, 6.07) is 0. The third-order valence-electron chi connectivity index (χ3n) is 12.6. The molecule has 6 nitrogen and oxygen atoms in total. The van der Waals surface area contributed by atoms with E-state index in [1.54, 1.807) is 0 Å². The van der Waals surface area contributed by atoms with Crippen molar-refractivity contribution in [3.8, 4) is 0 Å². The molecule has 0 aromatic rings. The van der Waals surface area contributed by atoms with Gasteiger partial charge in [-0.1, -0.05) is 269 Å². The molecule has 1 atom stereocenters. The second kappa shape index (κ2) is 62.8. The van der Waals surface area contributed by atoms with Gasteiger partial charge in [-0.3, -0.25) is 14.4 Å². The molecule has 0 aromatic heterocycles. The molecule has 0 amide bonds. The van der Waals surface area contributed by atoms with Gasteiger partial charge in [0.2, 0.25) is 0 Å². The van der Waals surface area contributed by atoms with E-state index in [-0.39, 0.29) is 37.5 Å². The summed E-state index contributed by atoms with van der Waals surface area (Å²) < 4.78 is 16.8. The smallest absolute Gasteiger partial charge is 0.306 e. The van der Waals surface area contributed by atoms with Crippen molar-refractivity contribution < 1.29 is 28.6 Å². The van der Waals surface area contributed by atoms with Crippen LogP contribution in [0.1, 0.15) is 258 Å². The fourth-order valence-electron chi connectivity index (χ4n) is 8.05. The highest BCUT2D eigenvalue weighted by molar-refractivity contribution is 5.71. The molecule has 0 aliphatic rings. The molecule has 1 unspecified atom stereocenters. The number of rotatable bonds is 54. The van der Waals surface area contributed by atoms with Gasteiger partial charge < -0.3 is 14.2 Å². The predicted octanol–water partition coefficient (Wildman–Crippen LogP) is 21.2. The lowest BCUT2D eigenvalue weighted by Crippen LogP contribution is -2.30. The lowest BCUT2D eigenvalue weighted by molar-refractivity contribution is -0.167. The molecule has 6 heteroatoms. The highest BCUT2D eigenvalue weighted by Crippen LogP contribution is 2.15. The van der Waals surface area contributed by atoms with E-state index in [0.717, 1.165) is 128 Å². The van der Waals surface area contributed by atoms with Crippen molar-refractivity contribution in [3.63, 3.8) is 0 Å². The molecule has 428 valence electrons. The van der Waals surface area contributed by atoms with E-state index in [0.29, 0.717) is 19.3 Å². The second-order valence-corrected chi connectivity index (χ2v) is 19.9. The zero-order valence-corrected chi connectivity index (χ0v) is 49.0. The van der Waals surface area contributed by atoms with Crippen molar-refractivity contribution >= 4 is 17.9 Å². The van der Waals surface area contributed by atoms with Gasteiger partial charge in [-0.15, -0.1) is 0 Å². The fraction of sp³-hybridized carbons (Fsp3) is 0.614. The molecule has 0 rings (SSSR count). The molecule has 0 saturated heterocycles. The van der Waals surface area contributed by atoms with Crippen LogP contribution in [0.2, 0.25) is 0 Å². The first kappa shape index (κ1) is 71.3. The highest BCUT2D eigenvalue weighted by Gasteiger charge is 2.19. The average molecular weight is 1050 g/mol. The van der Waals surface area contributed by atoms with E-state index < -0.39 is 6.10 Å². The minimum atomic E-state index is -0.828. The predicted molar refractivity (Wildman–Crippen MR) is 329 cm³/mol. The van der Waals surface area contributed by atoms with Crippen LogP contribution in [0, 0.1) is 0 Å². The molecule has 0 N–H and O–H groups in total. The Morgan fingerprint density at radius 3 is 0.842 bits per heavy atom. The molecule has 0 aliphatic heterocycles. The van der Waals surface area contributed by atoms with Crippen LogP contribution in [0.3, 0.4) is 0 Å². The third-order valence-corrected chi connectivity index (χ3v) is 12.6. The Morgan fingerprint density at radius 2 is 0.526 bits per heavy atom. The summed E-state index contributed by atoms with van der Waals surface area (Å²) in [6.45, 7) is 6.34. The van der Waals surface area contributed by atoms with E-state index in [2.05, 4.69) is 167 Å². The zero-order chi connectivity index (χ0) is 55.0.